The molecule has 1 N–H and O–H groups in total. The minimum absolute atomic E-state index is 0.132. The number of aromatic hydroxyl groups is 1. The molecule has 0 saturated carbocycles. The molecule has 1 aromatic carbocycles. The Morgan fingerprint density at radius 1 is 0.842 bits per heavy atom. The van der Waals surface area contributed by atoms with Crippen LogP contribution < -0.4 is 9.47 Å². The summed E-state index contributed by atoms with van der Waals surface area (Å²) >= 11 is 0. The summed E-state index contributed by atoms with van der Waals surface area (Å²) in [5.41, 5.74) is 1.36. The summed E-state index contributed by atoms with van der Waals surface area (Å²) in [6.45, 7) is 12.4. The van der Waals surface area contributed by atoms with Crippen molar-refractivity contribution >= 4 is 0 Å². The number of benzene rings is 1. The van der Waals surface area contributed by atoms with Gasteiger partial charge in [0.15, 0.2) is 11.5 Å². The Bertz CT molecular complexity index is 462. The van der Waals surface area contributed by atoms with Crippen molar-refractivity contribution in [3.63, 3.8) is 0 Å². The molecule has 3 heteroatoms. The van der Waals surface area contributed by atoms with E-state index in [0.29, 0.717) is 11.5 Å². The van der Waals surface area contributed by atoms with Crippen LogP contribution in [0.15, 0.2) is 6.07 Å². The number of ether oxygens (including phenoxy) is 2. The van der Waals surface area contributed by atoms with Crippen molar-refractivity contribution in [2.75, 3.05) is 14.2 Å². The zero-order chi connectivity index (χ0) is 15.0. The maximum Gasteiger partial charge on any atom is 0.168 e. The van der Waals surface area contributed by atoms with Crippen molar-refractivity contribution in [1.82, 2.24) is 0 Å². The first-order chi connectivity index (χ1) is 8.54. The van der Waals surface area contributed by atoms with Gasteiger partial charge in [-0.05, 0) is 16.9 Å². The van der Waals surface area contributed by atoms with Crippen LogP contribution >= 0.6 is 0 Å². The smallest absolute Gasteiger partial charge is 0.168 e. The molecule has 0 saturated heterocycles. The SMILES string of the molecule is COc1c(C(C)(C)C)cc(O)c(C(C)(C)C)c1OC. The predicted molar refractivity (Wildman–Crippen MR) is 78.6 cm³/mol. The van der Waals surface area contributed by atoms with Gasteiger partial charge in [-0.2, -0.15) is 0 Å². The highest BCUT2D eigenvalue weighted by molar-refractivity contribution is 5.61. The summed E-state index contributed by atoms with van der Waals surface area (Å²) in [5, 5.41) is 10.4. The number of phenols is 1. The summed E-state index contributed by atoms with van der Waals surface area (Å²) in [6.07, 6.45) is 0. The molecule has 0 fully saturated rings. The molecule has 108 valence electrons. The van der Waals surface area contributed by atoms with Crippen molar-refractivity contribution in [2.45, 2.75) is 52.4 Å². The molecule has 0 spiro atoms. The molecular weight excluding hydrogens is 240 g/mol. The van der Waals surface area contributed by atoms with E-state index >= 15 is 0 Å². The van der Waals surface area contributed by atoms with E-state index in [0.717, 1.165) is 11.1 Å². The fourth-order valence-electron chi connectivity index (χ4n) is 2.31. The molecule has 1 aromatic rings. The van der Waals surface area contributed by atoms with E-state index in [1.54, 1.807) is 20.3 Å². The topological polar surface area (TPSA) is 38.7 Å². The second kappa shape index (κ2) is 4.95. The minimum Gasteiger partial charge on any atom is -0.507 e. The van der Waals surface area contributed by atoms with Gasteiger partial charge < -0.3 is 14.6 Å². The van der Waals surface area contributed by atoms with E-state index in [9.17, 15) is 5.11 Å². The third-order valence-corrected chi connectivity index (χ3v) is 3.18. The Hall–Kier alpha value is -1.38. The molecule has 0 bridgehead atoms. The average Bonchev–Trinajstić information content (AvgIpc) is 2.24. The quantitative estimate of drug-likeness (QED) is 0.879. The van der Waals surface area contributed by atoms with Crippen molar-refractivity contribution < 1.29 is 14.6 Å². The molecule has 3 nitrogen and oxygen atoms in total. The highest BCUT2D eigenvalue weighted by Gasteiger charge is 2.31. The summed E-state index contributed by atoms with van der Waals surface area (Å²) in [5.74, 6) is 1.59. The third kappa shape index (κ3) is 2.96. The maximum absolute atomic E-state index is 10.4. The fraction of sp³-hybridized carbons (Fsp3) is 0.625. The van der Waals surface area contributed by atoms with Gasteiger partial charge in [-0.15, -0.1) is 0 Å². The number of methoxy groups -OCH3 is 2. The van der Waals surface area contributed by atoms with Gasteiger partial charge in [0.05, 0.1) is 14.2 Å². The van der Waals surface area contributed by atoms with E-state index < -0.39 is 0 Å². The highest BCUT2D eigenvalue weighted by atomic mass is 16.5. The molecule has 0 aromatic heterocycles. The Morgan fingerprint density at radius 2 is 1.32 bits per heavy atom. The second-order valence-electron chi connectivity index (χ2n) is 6.88. The molecular formula is C16H26O3. The Morgan fingerprint density at radius 3 is 1.63 bits per heavy atom. The number of phenolic OH excluding ortho intramolecular Hbond substituents is 1. The fourth-order valence-corrected chi connectivity index (χ4v) is 2.31. The first-order valence-corrected chi connectivity index (χ1v) is 6.53. The van der Waals surface area contributed by atoms with Crippen LogP contribution in [0.25, 0.3) is 0 Å². The van der Waals surface area contributed by atoms with Gasteiger partial charge in [-0.25, -0.2) is 0 Å². The molecule has 0 aliphatic rings. The molecule has 0 heterocycles. The molecule has 0 amide bonds. The largest absolute Gasteiger partial charge is 0.507 e. The van der Waals surface area contributed by atoms with Gasteiger partial charge in [0.1, 0.15) is 5.75 Å². The Balaban J connectivity index is 3.74. The lowest BCUT2D eigenvalue weighted by Crippen LogP contribution is -2.18. The monoisotopic (exact) mass is 266 g/mol. The maximum atomic E-state index is 10.4. The predicted octanol–water partition coefficient (Wildman–Crippen LogP) is 4.00. The lowest BCUT2D eigenvalue weighted by molar-refractivity contribution is 0.328. The minimum atomic E-state index is -0.223. The van der Waals surface area contributed by atoms with Crippen LogP contribution in [0.1, 0.15) is 52.7 Å². The lowest BCUT2D eigenvalue weighted by Gasteiger charge is -2.29. The van der Waals surface area contributed by atoms with E-state index in [1.807, 2.05) is 20.8 Å². The van der Waals surface area contributed by atoms with Crippen LogP contribution in [0.4, 0.5) is 0 Å². The highest BCUT2D eigenvalue weighted by Crippen LogP contribution is 2.48. The summed E-state index contributed by atoms with van der Waals surface area (Å²) in [6, 6.07) is 1.79. The van der Waals surface area contributed by atoms with Crippen molar-refractivity contribution in [2.24, 2.45) is 0 Å². The Labute approximate surface area is 116 Å². The first kappa shape index (κ1) is 15.7. The molecule has 0 aliphatic carbocycles. The van der Waals surface area contributed by atoms with Crippen LogP contribution in [-0.4, -0.2) is 19.3 Å². The average molecular weight is 266 g/mol. The number of hydrogen-bond acceptors (Lipinski definition) is 3. The number of hydrogen-bond donors (Lipinski definition) is 1. The van der Waals surface area contributed by atoms with Crippen LogP contribution in [0.3, 0.4) is 0 Å². The standard InChI is InChI=1S/C16H26O3/c1-15(2,3)10-9-11(17)12(16(4,5)6)14(19-8)13(10)18-7/h9,17H,1-8H3. The summed E-state index contributed by atoms with van der Waals surface area (Å²) < 4.78 is 11.1. The number of rotatable bonds is 2. The van der Waals surface area contributed by atoms with Crippen molar-refractivity contribution in [1.29, 1.82) is 0 Å². The van der Waals surface area contributed by atoms with Crippen molar-refractivity contribution in [3.8, 4) is 17.2 Å². The van der Waals surface area contributed by atoms with Gasteiger partial charge in [0, 0.05) is 11.1 Å². The molecule has 19 heavy (non-hydrogen) atoms. The molecule has 0 aliphatic heterocycles. The second-order valence-corrected chi connectivity index (χ2v) is 6.88. The van der Waals surface area contributed by atoms with Gasteiger partial charge in [0.25, 0.3) is 0 Å². The van der Waals surface area contributed by atoms with Gasteiger partial charge >= 0.3 is 0 Å². The molecule has 1 rings (SSSR count). The van der Waals surface area contributed by atoms with Crippen LogP contribution in [0, 0.1) is 0 Å². The van der Waals surface area contributed by atoms with Gasteiger partial charge in [-0.1, -0.05) is 41.5 Å². The third-order valence-electron chi connectivity index (χ3n) is 3.18. The first-order valence-electron chi connectivity index (χ1n) is 6.53. The van der Waals surface area contributed by atoms with E-state index in [2.05, 4.69) is 20.8 Å². The zero-order valence-corrected chi connectivity index (χ0v) is 13.3. The van der Waals surface area contributed by atoms with E-state index in [4.69, 9.17) is 9.47 Å². The normalized spacial score (nSPS) is 12.4. The lowest BCUT2D eigenvalue weighted by atomic mass is 9.80. The van der Waals surface area contributed by atoms with Gasteiger partial charge in [0.2, 0.25) is 0 Å². The summed E-state index contributed by atoms with van der Waals surface area (Å²) in [7, 11) is 3.25. The van der Waals surface area contributed by atoms with Crippen LogP contribution in [0.2, 0.25) is 0 Å². The van der Waals surface area contributed by atoms with E-state index in [1.165, 1.54) is 0 Å². The molecule has 0 atom stereocenters. The summed E-state index contributed by atoms with van der Waals surface area (Å²) in [4.78, 5) is 0. The van der Waals surface area contributed by atoms with Crippen LogP contribution in [0.5, 0.6) is 17.2 Å². The molecule has 0 unspecified atom stereocenters. The van der Waals surface area contributed by atoms with Gasteiger partial charge in [-0.3, -0.25) is 0 Å². The molecule has 0 radical (unpaired) electrons. The zero-order valence-electron chi connectivity index (χ0n) is 13.3. The van der Waals surface area contributed by atoms with E-state index in [-0.39, 0.29) is 16.6 Å². The van der Waals surface area contributed by atoms with Crippen molar-refractivity contribution in [3.05, 3.63) is 17.2 Å². The van der Waals surface area contributed by atoms with Crippen LogP contribution in [-0.2, 0) is 10.8 Å². The Kier molecular flexibility index (Phi) is 4.08.